The Morgan fingerprint density at radius 2 is 0.775 bits per heavy atom. The number of rotatable bonds is 8. The molecule has 0 N–H and O–H groups in total. The molecule has 3 saturated carbocycles. The van der Waals surface area contributed by atoms with Crippen molar-refractivity contribution in [3.63, 3.8) is 0 Å². The van der Waals surface area contributed by atoms with Crippen molar-refractivity contribution in [1.29, 1.82) is 0 Å². The molecule has 5 fully saturated rings. The fraction of sp³-hybridized carbons (Fsp3) is 0.620. The first-order valence-corrected chi connectivity index (χ1v) is 30.5. The summed E-state index contributed by atoms with van der Waals surface area (Å²) in [5.74, 6) is 7.33. The maximum atomic E-state index is 12.2. The van der Waals surface area contributed by atoms with Gasteiger partial charge in [-0.25, -0.2) is 4.79 Å². The number of ether oxygens (including phenoxy) is 6. The minimum Gasteiger partial charge on any atom is -0.427 e. The van der Waals surface area contributed by atoms with Crippen LogP contribution in [-0.4, -0.2) is 44.5 Å². The average Bonchev–Trinajstić information content (AvgIpc) is 3.52. The van der Waals surface area contributed by atoms with E-state index in [1.165, 1.54) is 143 Å². The first-order valence-electron chi connectivity index (χ1n) is 30.5. The van der Waals surface area contributed by atoms with Crippen LogP contribution >= 0.6 is 0 Å². The first kappa shape index (κ1) is 61.1. The van der Waals surface area contributed by atoms with Crippen molar-refractivity contribution in [2.75, 3.05) is 26.4 Å². The maximum Gasteiger partial charge on any atom is 0.519 e. The maximum absolute atomic E-state index is 12.2. The van der Waals surface area contributed by atoms with Gasteiger partial charge in [-0.1, -0.05) is 150 Å². The highest BCUT2D eigenvalue weighted by molar-refractivity contribution is 5.73. The Kier molecular flexibility index (Phi) is 20.2. The molecule has 436 valence electrons. The van der Waals surface area contributed by atoms with Crippen LogP contribution in [0.3, 0.4) is 0 Å². The van der Waals surface area contributed by atoms with Crippen LogP contribution in [0.1, 0.15) is 204 Å². The van der Waals surface area contributed by atoms with Gasteiger partial charge in [0.15, 0.2) is 0 Å². The van der Waals surface area contributed by atoms with E-state index in [1.807, 2.05) is 37.3 Å². The van der Waals surface area contributed by atoms with Crippen LogP contribution in [0.25, 0.3) is 0 Å². The minimum absolute atomic E-state index is 0. The number of fused-ring (bicyclic) bond motifs is 12. The zero-order valence-corrected chi connectivity index (χ0v) is 48.3. The number of esters is 2. The Bertz CT molecular complexity index is 2620. The third-order valence-corrected chi connectivity index (χ3v) is 21.2. The van der Waals surface area contributed by atoms with Crippen molar-refractivity contribution in [3.05, 3.63) is 118 Å². The molecule has 2 heterocycles. The van der Waals surface area contributed by atoms with E-state index in [9.17, 15) is 14.4 Å². The zero-order chi connectivity index (χ0) is 54.6. The summed E-state index contributed by atoms with van der Waals surface area (Å²) in [6, 6.07) is 26.3. The van der Waals surface area contributed by atoms with Gasteiger partial charge in [-0.2, -0.15) is 0 Å². The quantitative estimate of drug-likeness (QED) is 0.0968. The van der Waals surface area contributed by atoms with Gasteiger partial charge < -0.3 is 28.4 Å². The molecule has 2 saturated heterocycles. The van der Waals surface area contributed by atoms with Crippen molar-refractivity contribution in [2.24, 2.45) is 47.3 Å². The molecule has 0 radical (unpaired) electrons. The molecule has 9 atom stereocenters. The molecule has 80 heavy (non-hydrogen) atoms. The van der Waals surface area contributed by atoms with Gasteiger partial charge >= 0.3 is 18.1 Å². The van der Waals surface area contributed by atoms with E-state index in [4.69, 9.17) is 28.4 Å². The third kappa shape index (κ3) is 13.6. The van der Waals surface area contributed by atoms with Crippen molar-refractivity contribution < 1.29 is 42.8 Å². The van der Waals surface area contributed by atoms with Crippen LogP contribution < -0.4 is 18.9 Å². The van der Waals surface area contributed by atoms with Crippen molar-refractivity contribution in [3.8, 4) is 23.0 Å². The lowest BCUT2D eigenvalue weighted by atomic mass is 9.57. The lowest BCUT2D eigenvalue weighted by Crippen LogP contribution is -2.41. The van der Waals surface area contributed by atoms with Crippen LogP contribution in [0.5, 0.6) is 23.0 Å². The minimum atomic E-state index is -0.687. The molecule has 0 amide bonds. The molecular formula is C71H98O9. The highest BCUT2D eigenvalue weighted by Gasteiger charge is 2.46. The van der Waals surface area contributed by atoms with Crippen LogP contribution in [0.4, 0.5) is 4.79 Å². The van der Waals surface area contributed by atoms with Crippen molar-refractivity contribution >= 4 is 18.1 Å². The van der Waals surface area contributed by atoms with E-state index < -0.39 is 6.16 Å². The second-order valence-corrected chi connectivity index (χ2v) is 26.2. The standard InChI is InChI=1S/C25H30O3.2C22H30O3.2CH4/c1-17-8-11-21(12-9-17)27-24(26)28-22-13-10-20-15-19-7-5-4-6-14-25(3,18(19)2)23(20)16-22;2*1-15-17-6-4-3-5-9-22(15,2)20-12-19(8-7-18(20)11-17)25-21(23)10-16-13-24-14-16;;/h8-13,16,18-19H,4-7,14-15H2,1-3H3;2*7-8,12,15-17H,3-6,9-11,13-14H2,1-2H3;2*1H4/t18-,19-,25-;2*15-,17-,22-;;/m000../s1. The summed E-state index contributed by atoms with van der Waals surface area (Å²) >= 11 is 0. The lowest BCUT2D eigenvalue weighted by molar-refractivity contribution is -0.140. The van der Waals surface area contributed by atoms with Gasteiger partial charge in [-0.05, 0) is 198 Å². The number of hydrogen-bond donors (Lipinski definition) is 0. The average molecular weight is 1100 g/mol. The summed E-state index contributed by atoms with van der Waals surface area (Å²) in [6.45, 7) is 19.3. The normalized spacial score (nSPS) is 29.3. The molecule has 6 bridgehead atoms. The van der Waals surface area contributed by atoms with E-state index in [1.54, 1.807) is 12.1 Å². The highest BCUT2D eigenvalue weighted by atomic mass is 16.7. The SMILES string of the molecule is C.C.C[C@H]1[C@H]2CCCCC[C@]1(C)c1cc(OC(=O)CC3COC3)ccc1C2.C[C@H]1[C@H]2CCCCC[C@]1(C)c1cc(OC(=O)CC3COC3)ccc1C2.Cc1ccc(OC(=O)Oc2ccc3c(c2)[C@@]2(C)CCCCC[C@@H](C3)[C@@H]2C)cc1. The van der Waals surface area contributed by atoms with Crippen LogP contribution in [0, 0.1) is 54.3 Å². The second kappa shape index (κ2) is 26.5. The van der Waals surface area contributed by atoms with Gasteiger partial charge in [0.05, 0.1) is 39.3 Å². The molecule has 0 unspecified atom stereocenters. The molecule has 0 spiro atoms. The third-order valence-electron chi connectivity index (χ3n) is 21.2. The highest BCUT2D eigenvalue weighted by Crippen LogP contribution is 2.54. The summed E-state index contributed by atoms with van der Waals surface area (Å²) in [5, 5.41) is 0. The summed E-state index contributed by atoms with van der Waals surface area (Å²) in [4.78, 5) is 36.6. The Hall–Kier alpha value is -4.99. The van der Waals surface area contributed by atoms with E-state index in [-0.39, 0.29) is 43.0 Å². The van der Waals surface area contributed by atoms with Gasteiger partial charge in [0.25, 0.3) is 0 Å². The molecule has 0 aromatic heterocycles. The molecule has 9 heteroatoms. The number of carbonyl (C=O) groups is 3. The smallest absolute Gasteiger partial charge is 0.427 e. The molecule has 6 aliphatic carbocycles. The predicted molar refractivity (Wildman–Crippen MR) is 320 cm³/mol. The van der Waals surface area contributed by atoms with Crippen molar-refractivity contribution in [1.82, 2.24) is 0 Å². The van der Waals surface area contributed by atoms with Crippen LogP contribution in [0.15, 0.2) is 78.9 Å². The Morgan fingerprint density at radius 1 is 0.450 bits per heavy atom. The lowest BCUT2D eigenvalue weighted by Gasteiger charge is -2.47. The summed E-state index contributed by atoms with van der Waals surface area (Å²) in [5.41, 5.74) is 10.3. The number of benzene rings is 4. The van der Waals surface area contributed by atoms with E-state index in [0.29, 0.717) is 80.4 Å². The number of aryl methyl sites for hydroxylation is 1. The van der Waals surface area contributed by atoms with Gasteiger partial charge in [0.1, 0.15) is 23.0 Å². The van der Waals surface area contributed by atoms with E-state index in [0.717, 1.165) is 41.2 Å². The Morgan fingerprint density at radius 3 is 1.11 bits per heavy atom. The topological polar surface area (TPSA) is 107 Å². The van der Waals surface area contributed by atoms with Crippen LogP contribution in [-0.2, 0) is 54.6 Å². The summed E-state index contributed by atoms with van der Waals surface area (Å²) < 4.78 is 32.5. The van der Waals surface area contributed by atoms with Crippen molar-refractivity contribution in [2.45, 2.75) is 208 Å². The first-order chi connectivity index (χ1) is 37.6. The molecule has 8 aliphatic rings. The van der Waals surface area contributed by atoms with Gasteiger partial charge in [0.2, 0.25) is 0 Å². The largest absolute Gasteiger partial charge is 0.519 e. The van der Waals surface area contributed by atoms with Gasteiger partial charge in [-0.3, -0.25) is 9.59 Å². The second-order valence-electron chi connectivity index (χ2n) is 26.2. The van der Waals surface area contributed by atoms with E-state index >= 15 is 0 Å². The monoisotopic (exact) mass is 1090 g/mol. The zero-order valence-electron chi connectivity index (χ0n) is 48.3. The number of hydrogen-bond acceptors (Lipinski definition) is 9. The Balaban J connectivity index is 0.000000156. The fourth-order valence-corrected chi connectivity index (χ4v) is 15.5. The predicted octanol–water partition coefficient (Wildman–Crippen LogP) is 17.2. The molecular weight excluding hydrogens is 997 g/mol. The van der Waals surface area contributed by atoms with Gasteiger partial charge in [0, 0.05) is 11.8 Å². The van der Waals surface area contributed by atoms with Gasteiger partial charge in [-0.15, -0.1) is 0 Å². The van der Waals surface area contributed by atoms with Crippen LogP contribution in [0.2, 0.25) is 0 Å². The summed E-state index contributed by atoms with van der Waals surface area (Å²) in [7, 11) is 0. The number of carbonyl (C=O) groups excluding carboxylic acids is 3. The summed E-state index contributed by atoms with van der Waals surface area (Å²) in [6.07, 6.45) is 23.5. The molecule has 2 aliphatic heterocycles. The molecule has 4 aromatic carbocycles. The molecule has 9 nitrogen and oxygen atoms in total. The molecule has 12 rings (SSSR count). The molecule has 4 aromatic rings. The Labute approximate surface area is 481 Å². The van der Waals surface area contributed by atoms with E-state index in [2.05, 4.69) is 77.9 Å². The fourth-order valence-electron chi connectivity index (χ4n) is 15.5.